The van der Waals surface area contributed by atoms with Crippen molar-refractivity contribution in [3.63, 3.8) is 0 Å². The van der Waals surface area contributed by atoms with Crippen LogP contribution in [-0.4, -0.2) is 55.0 Å². The standard InChI is InChI=1S/C27H32N2O6/c1-2-3-12-23(26(31)32)29-25(30)24-17(13-14-34-24)15-28-27(33)35-16-22-20-10-6-4-8-18(20)19-9-5-7-11-21(19)22/h4-11,17,22-24H,2-3,12-16H2,1H3,(H,28,33)(H,29,30)(H,31,32)/t17?,23-,24?/m0/s1. The van der Waals surface area contributed by atoms with Gasteiger partial charge >= 0.3 is 12.1 Å². The maximum Gasteiger partial charge on any atom is 0.407 e. The molecule has 1 heterocycles. The molecule has 4 rings (SSSR count). The number of carbonyl (C=O) groups is 3. The van der Waals surface area contributed by atoms with Crippen LogP contribution in [0, 0.1) is 5.92 Å². The SMILES string of the molecule is CCCC[C@H](NC(=O)C1OCCC1CNC(=O)OCC1c2ccccc2-c2ccccc21)C(=O)O. The van der Waals surface area contributed by atoms with E-state index in [0.29, 0.717) is 25.9 Å². The molecule has 2 amide bonds. The van der Waals surface area contributed by atoms with Crippen molar-refractivity contribution in [3.8, 4) is 11.1 Å². The summed E-state index contributed by atoms with van der Waals surface area (Å²) in [4.78, 5) is 36.6. The van der Waals surface area contributed by atoms with Crippen molar-refractivity contribution in [3.05, 3.63) is 59.7 Å². The minimum Gasteiger partial charge on any atom is -0.480 e. The van der Waals surface area contributed by atoms with Gasteiger partial charge in [0.25, 0.3) is 0 Å². The Morgan fingerprint density at radius 1 is 1.09 bits per heavy atom. The Morgan fingerprint density at radius 2 is 1.74 bits per heavy atom. The van der Waals surface area contributed by atoms with Gasteiger partial charge in [-0.1, -0.05) is 68.3 Å². The molecule has 0 radical (unpaired) electrons. The number of rotatable bonds is 10. The first kappa shape index (κ1) is 24.7. The number of aliphatic carboxylic acids is 1. The zero-order valence-corrected chi connectivity index (χ0v) is 19.9. The molecular weight excluding hydrogens is 448 g/mol. The second-order valence-electron chi connectivity index (χ2n) is 9.09. The van der Waals surface area contributed by atoms with Gasteiger partial charge in [-0.3, -0.25) is 4.79 Å². The van der Waals surface area contributed by atoms with E-state index in [-0.39, 0.29) is 25.0 Å². The molecule has 0 spiro atoms. The summed E-state index contributed by atoms with van der Waals surface area (Å²) in [6.07, 6.45) is 1.15. The molecule has 3 N–H and O–H groups in total. The van der Waals surface area contributed by atoms with Gasteiger partial charge in [0, 0.05) is 25.0 Å². The number of fused-ring (bicyclic) bond motifs is 3. The highest BCUT2D eigenvalue weighted by atomic mass is 16.5. The van der Waals surface area contributed by atoms with E-state index in [1.165, 1.54) is 0 Å². The molecule has 0 bridgehead atoms. The number of hydrogen-bond donors (Lipinski definition) is 3. The van der Waals surface area contributed by atoms with E-state index in [0.717, 1.165) is 28.7 Å². The lowest BCUT2D eigenvalue weighted by Crippen LogP contribution is -2.48. The third-order valence-corrected chi connectivity index (χ3v) is 6.79. The van der Waals surface area contributed by atoms with Crippen LogP contribution in [0.1, 0.15) is 49.7 Å². The molecule has 2 aromatic rings. The number of carboxylic acids is 1. The second-order valence-corrected chi connectivity index (χ2v) is 9.09. The highest BCUT2D eigenvalue weighted by Crippen LogP contribution is 2.44. The fourth-order valence-electron chi connectivity index (χ4n) is 4.92. The summed E-state index contributed by atoms with van der Waals surface area (Å²) in [6.45, 7) is 2.76. The van der Waals surface area contributed by atoms with Crippen molar-refractivity contribution in [1.29, 1.82) is 0 Å². The van der Waals surface area contributed by atoms with Gasteiger partial charge in [0.05, 0.1) is 0 Å². The molecule has 2 aliphatic rings. The Morgan fingerprint density at radius 3 is 2.37 bits per heavy atom. The first-order chi connectivity index (χ1) is 17.0. The van der Waals surface area contributed by atoms with Crippen LogP contribution in [0.4, 0.5) is 4.79 Å². The predicted octanol–water partition coefficient (Wildman–Crippen LogP) is 3.69. The minimum absolute atomic E-state index is 0.0300. The molecule has 0 saturated carbocycles. The van der Waals surface area contributed by atoms with Crippen LogP contribution in [0.25, 0.3) is 11.1 Å². The highest BCUT2D eigenvalue weighted by molar-refractivity contribution is 5.86. The topological polar surface area (TPSA) is 114 Å². The zero-order valence-electron chi connectivity index (χ0n) is 19.9. The van der Waals surface area contributed by atoms with Crippen LogP contribution in [-0.2, 0) is 19.1 Å². The van der Waals surface area contributed by atoms with E-state index in [1.807, 2.05) is 31.2 Å². The molecule has 35 heavy (non-hydrogen) atoms. The molecule has 3 atom stereocenters. The van der Waals surface area contributed by atoms with Gasteiger partial charge in [0.1, 0.15) is 18.8 Å². The fourth-order valence-corrected chi connectivity index (χ4v) is 4.92. The van der Waals surface area contributed by atoms with E-state index in [4.69, 9.17) is 9.47 Å². The molecule has 2 aromatic carbocycles. The van der Waals surface area contributed by atoms with Crippen molar-refractivity contribution in [2.24, 2.45) is 5.92 Å². The third kappa shape index (κ3) is 5.65. The maximum absolute atomic E-state index is 12.7. The molecular formula is C27H32N2O6. The quantitative estimate of drug-likeness (QED) is 0.478. The predicted molar refractivity (Wildman–Crippen MR) is 130 cm³/mol. The second kappa shape index (κ2) is 11.4. The van der Waals surface area contributed by atoms with Crippen molar-refractivity contribution in [2.75, 3.05) is 19.8 Å². The smallest absolute Gasteiger partial charge is 0.407 e. The van der Waals surface area contributed by atoms with E-state index < -0.39 is 30.1 Å². The summed E-state index contributed by atoms with van der Waals surface area (Å²) < 4.78 is 11.1. The molecule has 2 unspecified atom stereocenters. The van der Waals surface area contributed by atoms with Gasteiger partial charge < -0.3 is 25.2 Å². The van der Waals surface area contributed by atoms with E-state index in [2.05, 4.69) is 34.9 Å². The summed E-state index contributed by atoms with van der Waals surface area (Å²) in [7, 11) is 0. The molecule has 8 heteroatoms. The number of alkyl carbamates (subject to hydrolysis) is 1. The fraction of sp³-hybridized carbons (Fsp3) is 0.444. The average molecular weight is 481 g/mol. The van der Waals surface area contributed by atoms with Crippen LogP contribution in [0.5, 0.6) is 0 Å². The molecule has 0 aromatic heterocycles. The molecule has 1 aliphatic heterocycles. The summed E-state index contributed by atoms with van der Waals surface area (Å²) in [5.74, 6) is -1.79. The molecule has 186 valence electrons. The van der Waals surface area contributed by atoms with Crippen molar-refractivity contribution in [1.82, 2.24) is 10.6 Å². The number of carboxylic acid groups (broad SMARTS) is 1. The van der Waals surface area contributed by atoms with Crippen molar-refractivity contribution < 1.29 is 29.0 Å². The van der Waals surface area contributed by atoms with Gasteiger partial charge in [-0.05, 0) is 35.1 Å². The number of amides is 2. The number of hydrogen-bond acceptors (Lipinski definition) is 5. The lowest BCUT2D eigenvalue weighted by Gasteiger charge is -2.21. The Hall–Kier alpha value is -3.39. The Kier molecular flexibility index (Phi) is 8.02. The van der Waals surface area contributed by atoms with Gasteiger partial charge in [-0.15, -0.1) is 0 Å². The van der Waals surface area contributed by atoms with Gasteiger partial charge in [0.15, 0.2) is 0 Å². The summed E-state index contributed by atoms with van der Waals surface area (Å²) >= 11 is 0. The zero-order chi connectivity index (χ0) is 24.8. The van der Waals surface area contributed by atoms with Gasteiger partial charge in [0.2, 0.25) is 5.91 Å². The monoisotopic (exact) mass is 480 g/mol. The van der Waals surface area contributed by atoms with E-state index >= 15 is 0 Å². The van der Waals surface area contributed by atoms with Crippen LogP contribution in [0.3, 0.4) is 0 Å². The van der Waals surface area contributed by atoms with Crippen molar-refractivity contribution in [2.45, 2.75) is 50.7 Å². The first-order valence-corrected chi connectivity index (χ1v) is 12.2. The number of benzene rings is 2. The van der Waals surface area contributed by atoms with Crippen LogP contribution in [0.15, 0.2) is 48.5 Å². The lowest BCUT2D eigenvalue weighted by molar-refractivity contribution is -0.144. The van der Waals surface area contributed by atoms with Crippen LogP contribution in [0.2, 0.25) is 0 Å². The van der Waals surface area contributed by atoms with E-state index in [9.17, 15) is 19.5 Å². The molecule has 1 aliphatic carbocycles. The summed E-state index contributed by atoms with van der Waals surface area (Å²) in [5.41, 5.74) is 4.59. The van der Waals surface area contributed by atoms with Gasteiger partial charge in [-0.25, -0.2) is 9.59 Å². The number of carbonyl (C=O) groups excluding carboxylic acids is 2. The Bertz CT molecular complexity index is 1030. The third-order valence-electron chi connectivity index (χ3n) is 6.79. The Labute approximate surface area is 205 Å². The minimum atomic E-state index is -1.06. The highest BCUT2D eigenvalue weighted by Gasteiger charge is 2.36. The largest absolute Gasteiger partial charge is 0.480 e. The normalized spacial score (nSPS) is 19.5. The maximum atomic E-state index is 12.7. The molecule has 8 nitrogen and oxygen atoms in total. The Balaban J connectivity index is 1.29. The first-order valence-electron chi connectivity index (χ1n) is 12.2. The molecule has 1 saturated heterocycles. The van der Waals surface area contributed by atoms with Crippen molar-refractivity contribution >= 4 is 18.0 Å². The van der Waals surface area contributed by atoms with Crippen LogP contribution < -0.4 is 10.6 Å². The van der Waals surface area contributed by atoms with Gasteiger partial charge in [-0.2, -0.15) is 0 Å². The number of ether oxygens (including phenoxy) is 2. The van der Waals surface area contributed by atoms with E-state index in [1.54, 1.807) is 0 Å². The lowest BCUT2D eigenvalue weighted by atomic mass is 9.98. The summed E-state index contributed by atoms with van der Waals surface area (Å²) in [6, 6.07) is 15.3. The average Bonchev–Trinajstić information content (AvgIpc) is 3.46. The number of unbranched alkanes of at least 4 members (excludes halogenated alkanes) is 1. The molecule has 1 fully saturated rings. The number of nitrogens with one attached hydrogen (secondary N) is 2. The summed E-state index contributed by atoms with van der Waals surface area (Å²) in [5, 5.41) is 14.7. The van der Waals surface area contributed by atoms with Crippen LogP contribution >= 0.6 is 0 Å².